The number of carbonyl (C=O) groups excluding carboxylic acids is 1. The van der Waals surface area contributed by atoms with Crippen LogP contribution in [0.15, 0.2) is 18.2 Å². The Labute approximate surface area is 140 Å². The van der Waals surface area contributed by atoms with Gasteiger partial charge in [-0.05, 0) is 44.9 Å². The van der Waals surface area contributed by atoms with E-state index in [0.29, 0.717) is 28.0 Å². The molecule has 0 saturated carbocycles. The summed E-state index contributed by atoms with van der Waals surface area (Å²) in [6, 6.07) is 3.30. The van der Waals surface area contributed by atoms with Crippen molar-refractivity contribution in [2.75, 3.05) is 6.54 Å². The molecule has 0 aliphatic heterocycles. The lowest BCUT2D eigenvalue weighted by molar-refractivity contribution is 0.0529. The van der Waals surface area contributed by atoms with Crippen LogP contribution in [0.4, 0.5) is 4.79 Å². The summed E-state index contributed by atoms with van der Waals surface area (Å²) < 4.78 is 5.12. The van der Waals surface area contributed by atoms with Crippen LogP contribution in [0.5, 0.6) is 0 Å². The minimum absolute atomic E-state index is 0.422. The fraction of sp³-hybridized carbons (Fsp3) is 0.400. The molecule has 1 rings (SSSR count). The van der Waals surface area contributed by atoms with Gasteiger partial charge in [0.15, 0.2) is 0 Å². The van der Waals surface area contributed by atoms with Gasteiger partial charge in [-0.1, -0.05) is 47.0 Å². The summed E-state index contributed by atoms with van der Waals surface area (Å²) in [4.78, 5) is 11.4. The Bertz CT molecular complexity index is 536. The average molecular weight is 351 g/mol. The first-order valence-electron chi connectivity index (χ1n) is 6.47. The second-order valence-electron chi connectivity index (χ2n) is 5.41. The molecule has 6 heteroatoms. The molecule has 0 saturated heterocycles. The van der Waals surface area contributed by atoms with Crippen LogP contribution in [0.2, 0.25) is 15.1 Å². The Hall–Kier alpha value is -0.900. The third-order valence-corrected chi connectivity index (χ3v) is 3.37. The molecule has 21 heavy (non-hydrogen) atoms. The molecule has 0 atom stereocenters. The van der Waals surface area contributed by atoms with Crippen molar-refractivity contribution in [1.82, 2.24) is 5.32 Å². The van der Waals surface area contributed by atoms with E-state index in [1.54, 1.807) is 12.1 Å². The molecule has 0 fully saturated rings. The van der Waals surface area contributed by atoms with Gasteiger partial charge in [-0.3, -0.25) is 0 Å². The Morgan fingerprint density at radius 1 is 1.19 bits per heavy atom. The third kappa shape index (κ3) is 7.07. The minimum atomic E-state index is -0.493. The van der Waals surface area contributed by atoms with Gasteiger partial charge in [-0.25, -0.2) is 4.79 Å². The van der Waals surface area contributed by atoms with Gasteiger partial charge in [0, 0.05) is 11.6 Å². The lowest BCUT2D eigenvalue weighted by atomic mass is 10.2. The van der Waals surface area contributed by atoms with Crippen molar-refractivity contribution in [2.24, 2.45) is 0 Å². The number of nitrogens with one attached hydrogen (secondary N) is 1. The molecule has 0 aliphatic carbocycles. The summed E-state index contributed by atoms with van der Waals surface area (Å²) in [6.07, 6.45) is 3.95. The number of amides is 1. The maximum Gasteiger partial charge on any atom is 0.407 e. The number of carbonyl (C=O) groups is 1. The monoisotopic (exact) mass is 349 g/mol. The zero-order valence-electron chi connectivity index (χ0n) is 12.2. The highest BCUT2D eigenvalue weighted by atomic mass is 35.5. The lowest BCUT2D eigenvalue weighted by Gasteiger charge is -2.19. The highest BCUT2D eigenvalue weighted by Crippen LogP contribution is 2.29. The van der Waals surface area contributed by atoms with Crippen molar-refractivity contribution in [1.29, 1.82) is 0 Å². The summed E-state index contributed by atoms with van der Waals surface area (Å²) in [6.45, 7) is 5.93. The molecule has 1 aromatic rings. The van der Waals surface area contributed by atoms with Gasteiger partial charge in [0.1, 0.15) is 5.60 Å². The van der Waals surface area contributed by atoms with E-state index in [4.69, 9.17) is 39.5 Å². The van der Waals surface area contributed by atoms with E-state index in [1.165, 1.54) is 0 Å². The summed E-state index contributed by atoms with van der Waals surface area (Å²) in [7, 11) is 0. The topological polar surface area (TPSA) is 38.3 Å². The molecule has 0 aliphatic rings. The summed E-state index contributed by atoms with van der Waals surface area (Å²) in [5, 5.41) is 4.07. The van der Waals surface area contributed by atoms with Crippen LogP contribution in [-0.4, -0.2) is 18.2 Å². The summed E-state index contributed by atoms with van der Waals surface area (Å²) in [5.74, 6) is 0. The molecule has 3 nitrogen and oxygen atoms in total. The van der Waals surface area contributed by atoms with Crippen LogP contribution in [-0.2, 0) is 4.74 Å². The Balaban J connectivity index is 2.43. The van der Waals surface area contributed by atoms with E-state index in [9.17, 15) is 4.79 Å². The Kier molecular flexibility index (Phi) is 6.85. The molecule has 116 valence electrons. The zero-order valence-corrected chi connectivity index (χ0v) is 14.4. The number of ether oxygens (including phenoxy) is 1. The average Bonchev–Trinajstić information content (AvgIpc) is 2.32. The van der Waals surface area contributed by atoms with Crippen LogP contribution >= 0.6 is 34.8 Å². The maximum absolute atomic E-state index is 11.4. The number of hydrogen-bond acceptors (Lipinski definition) is 2. The first kappa shape index (κ1) is 18.1. The molecule has 0 bridgehead atoms. The van der Waals surface area contributed by atoms with Crippen molar-refractivity contribution in [2.45, 2.75) is 32.8 Å². The first-order valence-corrected chi connectivity index (χ1v) is 7.60. The molecule has 0 spiro atoms. The van der Waals surface area contributed by atoms with Crippen LogP contribution in [0.1, 0.15) is 32.8 Å². The summed E-state index contributed by atoms with van der Waals surface area (Å²) in [5.41, 5.74) is 0.288. The van der Waals surface area contributed by atoms with Gasteiger partial charge in [-0.2, -0.15) is 0 Å². The van der Waals surface area contributed by atoms with Gasteiger partial charge >= 0.3 is 6.09 Å². The Morgan fingerprint density at radius 3 is 2.43 bits per heavy atom. The summed E-state index contributed by atoms with van der Waals surface area (Å²) >= 11 is 17.8. The molecule has 1 N–H and O–H groups in total. The van der Waals surface area contributed by atoms with E-state index in [0.717, 1.165) is 5.56 Å². The van der Waals surface area contributed by atoms with Crippen molar-refractivity contribution >= 4 is 47.0 Å². The third-order valence-electron chi connectivity index (χ3n) is 2.32. The van der Waals surface area contributed by atoms with Gasteiger partial charge < -0.3 is 10.1 Å². The fourth-order valence-electron chi connectivity index (χ4n) is 1.45. The van der Waals surface area contributed by atoms with E-state index in [1.807, 2.05) is 32.9 Å². The molecule has 1 aromatic carbocycles. The van der Waals surface area contributed by atoms with E-state index in [-0.39, 0.29) is 0 Å². The fourth-order valence-corrected chi connectivity index (χ4v) is 2.07. The zero-order chi connectivity index (χ0) is 16.0. The second-order valence-corrected chi connectivity index (χ2v) is 6.63. The molecule has 0 unspecified atom stereocenters. The predicted molar refractivity (Wildman–Crippen MR) is 89.4 cm³/mol. The lowest BCUT2D eigenvalue weighted by Crippen LogP contribution is -2.32. The molecular weight excluding hydrogens is 333 g/mol. The SMILES string of the molecule is CC(C)(C)OC(=O)NCCC=Cc1cc(Cl)c(Cl)cc1Cl. The van der Waals surface area contributed by atoms with Crippen LogP contribution < -0.4 is 5.32 Å². The first-order chi connectivity index (χ1) is 9.69. The second kappa shape index (κ2) is 7.92. The molecule has 1 amide bonds. The molecule has 0 heterocycles. The minimum Gasteiger partial charge on any atom is -0.444 e. The normalized spacial score (nSPS) is 11.7. The van der Waals surface area contributed by atoms with Crippen LogP contribution in [0, 0.1) is 0 Å². The van der Waals surface area contributed by atoms with E-state index >= 15 is 0 Å². The highest BCUT2D eigenvalue weighted by Gasteiger charge is 2.15. The van der Waals surface area contributed by atoms with Gasteiger partial charge in [-0.15, -0.1) is 0 Å². The van der Waals surface area contributed by atoms with Gasteiger partial charge in [0.2, 0.25) is 0 Å². The predicted octanol–water partition coefficient (Wildman–Crippen LogP) is 5.57. The quantitative estimate of drug-likeness (QED) is 0.569. The maximum atomic E-state index is 11.4. The van der Waals surface area contributed by atoms with Gasteiger partial charge in [0.25, 0.3) is 0 Å². The largest absolute Gasteiger partial charge is 0.444 e. The molecule has 0 aromatic heterocycles. The number of benzene rings is 1. The van der Waals surface area contributed by atoms with Crippen LogP contribution in [0.25, 0.3) is 6.08 Å². The van der Waals surface area contributed by atoms with Crippen molar-refractivity contribution in [3.63, 3.8) is 0 Å². The number of halogens is 3. The van der Waals surface area contributed by atoms with Crippen LogP contribution in [0.3, 0.4) is 0 Å². The van der Waals surface area contributed by atoms with Gasteiger partial charge in [0.05, 0.1) is 10.0 Å². The molecule has 0 radical (unpaired) electrons. The standard InChI is InChI=1S/C15H18Cl3NO2/c1-15(2,3)21-14(20)19-7-5-4-6-10-8-12(17)13(18)9-11(10)16/h4,6,8-9H,5,7H2,1-3H3,(H,19,20). The van der Waals surface area contributed by atoms with E-state index < -0.39 is 11.7 Å². The number of rotatable bonds is 4. The van der Waals surface area contributed by atoms with Crippen molar-refractivity contribution < 1.29 is 9.53 Å². The van der Waals surface area contributed by atoms with E-state index in [2.05, 4.69) is 5.32 Å². The highest BCUT2D eigenvalue weighted by molar-refractivity contribution is 6.43. The molecular formula is C15H18Cl3NO2. The number of alkyl carbamates (subject to hydrolysis) is 1. The Morgan fingerprint density at radius 2 is 1.81 bits per heavy atom. The smallest absolute Gasteiger partial charge is 0.407 e. The number of hydrogen-bond donors (Lipinski definition) is 1. The van der Waals surface area contributed by atoms with Crippen molar-refractivity contribution in [3.8, 4) is 0 Å². The van der Waals surface area contributed by atoms with Crippen molar-refractivity contribution in [3.05, 3.63) is 38.8 Å².